The molecule has 0 fully saturated rings. The summed E-state index contributed by atoms with van der Waals surface area (Å²) >= 11 is 0. The zero-order chi connectivity index (χ0) is 16.7. The van der Waals surface area contributed by atoms with Gasteiger partial charge in [-0.1, -0.05) is 61.4 Å². The van der Waals surface area contributed by atoms with Crippen molar-refractivity contribution in [3.63, 3.8) is 0 Å². The number of fused-ring (bicyclic) bond motifs is 1. The second-order valence-electron chi connectivity index (χ2n) is 5.39. The highest BCUT2D eigenvalue weighted by molar-refractivity contribution is 5.68. The Kier molecular flexibility index (Phi) is 5.83. The van der Waals surface area contributed by atoms with E-state index in [-0.39, 0.29) is 0 Å². The van der Waals surface area contributed by atoms with Gasteiger partial charge in [-0.05, 0) is 37.5 Å². The molecule has 0 radical (unpaired) electrons. The number of benzene rings is 1. The van der Waals surface area contributed by atoms with Gasteiger partial charge in [0.05, 0.1) is 5.69 Å². The molecule has 1 heterocycles. The van der Waals surface area contributed by atoms with Crippen molar-refractivity contribution in [3.05, 3.63) is 90.7 Å². The lowest BCUT2D eigenvalue weighted by molar-refractivity contribution is 0.874. The van der Waals surface area contributed by atoms with E-state index in [4.69, 9.17) is 0 Å². The molecule has 1 nitrogen and oxygen atoms in total. The molecule has 0 atom stereocenters. The van der Waals surface area contributed by atoms with Crippen LogP contribution >= 0.6 is 0 Å². The van der Waals surface area contributed by atoms with E-state index in [0.29, 0.717) is 0 Å². The summed E-state index contributed by atoms with van der Waals surface area (Å²) in [6.45, 7) is 14.8. The van der Waals surface area contributed by atoms with Gasteiger partial charge in [0.1, 0.15) is 0 Å². The van der Waals surface area contributed by atoms with Gasteiger partial charge in [-0.2, -0.15) is 0 Å². The Morgan fingerprint density at radius 3 is 2.74 bits per heavy atom. The number of para-hydroxylation sites is 1. The van der Waals surface area contributed by atoms with E-state index in [1.165, 1.54) is 0 Å². The van der Waals surface area contributed by atoms with E-state index in [2.05, 4.69) is 48.6 Å². The second kappa shape index (κ2) is 8.06. The Balaban J connectivity index is 2.55. The number of hydrogen-bond acceptors (Lipinski definition) is 1. The molecule has 0 amide bonds. The van der Waals surface area contributed by atoms with E-state index in [1.807, 2.05) is 43.4 Å². The largest absolute Gasteiger partial charge is 0.340 e. The lowest BCUT2D eigenvalue weighted by Crippen LogP contribution is -2.26. The minimum atomic E-state index is 0.727. The van der Waals surface area contributed by atoms with E-state index >= 15 is 0 Å². The lowest BCUT2D eigenvalue weighted by Gasteiger charge is -2.29. The van der Waals surface area contributed by atoms with Crippen molar-refractivity contribution in [1.82, 2.24) is 0 Å². The molecule has 0 saturated carbocycles. The van der Waals surface area contributed by atoms with Crippen LogP contribution in [0.25, 0.3) is 0 Å². The summed E-state index contributed by atoms with van der Waals surface area (Å²) in [5.74, 6) is 6.58. The Hall–Kier alpha value is -2.72. The highest BCUT2D eigenvalue weighted by atomic mass is 15.1. The minimum Gasteiger partial charge on any atom is -0.340 e. The summed E-state index contributed by atoms with van der Waals surface area (Å²) in [7, 11) is 0. The Morgan fingerprint density at radius 1 is 1.26 bits per heavy atom. The third kappa shape index (κ3) is 3.93. The van der Waals surface area contributed by atoms with Gasteiger partial charge in [-0.15, -0.1) is 6.58 Å². The molecule has 1 aliphatic heterocycles. The summed E-state index contributed by atoms with van der Waals surface area (Å²) < 4.78 is 0. The molecular weight excluding hydrogens is 278 g/mol. The highest BCUT2D eigenvalue weighted by Crippen LogP contribution is 2.28. The van der Waals surface area contributed by atoms with Crippen LogP contribution in [0.3, 0.4) is 0 Å². The van der Waals surface area contributed by atoms with Crippen LogP contribution in [0.4, 0.5) is 5.69 Å². The number of rotatable bonds is 6. The topological polar surface area (TPSA) is 3.24 Å². The summed E-state index contributed by atoms with van der Waals surface area (Å²) in [5, 5.41) is 0. The predicted octanol–water partition coefficient (Wildman–Crippen LogP) is 5.40. The summed E-state index contributed by atoms with van der Waals surface area (Å²) in [4.78, 5) is 2.24. The van der Waals surface area contributed by atoms with Crippen LogP contribution in [0.2, 0.25) is 0 Å². The van der Waals surface area contributed by atoms with E-state index in [1.54, 1.807) is 0 Å². The molecule has 1 aromatic carbocycles. The molecule has 1 aromatic rings. The molecule has 2 rings (SSSR count). The number of nitrogens with zero attached hydrogens (tertiary/aromatic N) is 1. The molecule has 0 saturated heterocycles. The quantitative estimate of drug-likeness (QED) is 0.502. The predicted molar refractivity (Wildman–Crippen MR) is 101 cm³/mol. The molecule has 0 aliphatic carbocycles. The normalized spacial score (nSPS) is 16.8. The van der Waals surface area contributed by atoms with Gasteiger partial charge >= 0.3 is 0 Å². The van der Waals surface area contributed by atoms with E-state index in [9.17, 15) is 0 Å². The maximum absolute atomic E-state index is 4.28. The van der Waals surface area contributed by atoms with Crippen LogP contribution in [0.1, 0.15) is 25.3 Å². The van der Waals surface area contributed by atoms with E-state index in [0.717, 1.165) is 47.5 Å². The molecular formula is C22H23N. The molecule has 0 aromatic heterocycles. The Bertz CT molecular complexity index is 735. The molecule has 0 spiro atoms. The van der Waals surface area contributed by atoms with E-state index < -0.39 is 0 Å². The van der Waals surface area contributed by atoms with Crippen molar-refractivity contribution in [2.24, 2.45) is 0 Å². The zero-order valence-corrected chi connectivity index (χ0v) is 13.8. The molecule has 1 aliphatic rings. The van der Waals surface area contributed by atoms with Crippen LogP contribution in [0, 0.1) is 11.8 Å². The first-order chi connectivity index (χ1) is 11.2. The van der Waals surface area contributed by atoms with Crippen molar-refractivity contribution in [2.75, 3.05) is 11.4 Å². The lowest BCUT2D eigenvalue weighted by atomic mass is 10.0. The average Bonchev–Trinajstić information content (AvgIpc) is 2.56. The van der Waals surface area contributed by atoms with Crippen molar-refractivity contribution < 1.29 is 0 Å². The van der Waals surface area contributed by atoms with Gasteiger partial charge in [-0.3, -0.25) is 0 Å². The maximum atomic E-state index is 4.28. The fourth-order valence-electron chi connectivity index (χ4n) is 2.55. The smallest absolute Gasteiger partial charge is 0.0570 e. The van der Waals surface area contributed by atoms with Crippen LogP contribution in [-0.4, -0.2) is 6.54 Å². The van der Waals surface area contributed by atoms with Crippen LogP contribution in [0.5, 0.6) is 0 Å². The summed E-state index contributed by atoms with van der Waals surface area (Å²) in [5.41, 5.74) is 5.33. The Morgan fingerprint density at radius 2 is 2.04 bits per heavy atom. The first kappa shape index (κ1) is 16.6. The molecule has 23 heavy (non-hydrogen) atoms. The van der Waals surface area contributed by atoms with Gasteiger partial charge in [0.2, 0.25) is 0 Å². The van der Waals surface area contributed by atoms with Crippen LogP contribution in [-0.2, 0) is 0 Å². The van der Waals surface area contributed by atoms with Gasteiger partial charge < -0.3 is 4.90 Å². The first-order valence-corrected chi connectivity index (χ1v) is 7.86. The van der Waals surface area contributed by atoms with Crippen LogP contribution in [0.15, 0.2) is 85.1 Å². The zero-order valence-electron chi connectivity index (χ0n) is 13.8. The standard InChI is InChI=1S/C22H23N/c1-5-8-12-18(4)23-17-19(7-3)20(11-6-2)15-16-21-13-9-10-14-22(21)23/h5-7,9-11,13-14H,1,3-4,8,12,17H2,2H3/b11-6-,20-19-. The van der Waals surface area contributed by atoms with Crippen molar-refractivity contribution in [2.45, 2.75) is 19.8 Å². The van der Waals surface area contributed by atoms with Gasteiger partial charge in [0.15, 0.2) is 0 Å². The van der Waals surface area contributed by atoms with Crippen molar-refractivity contribution in [3.8, 4) is 11.8 Å². The number of anilines is 1. The van der Waals surface area contributed by atoms with Gasteiger partial charge in [0.25, 0.3) is 0 Å². The fourth-order valence-corrected chi connectivity index (χ4v) is 2.55. The third-order valence-corrected chi connectivity index (χ3v) is 3.80. The SMILES string of the molecule is C=CCCC(=C)N1C/C(C=C)=C(/C=C\C)C#Cc2ccccc21. The summed E-state index contributed by atoms with van der Waals surface area (Å²) in [6.07, 6.45) is 9.68. The number of allylic oxidation sites excluding steroid dienone is 5. The monoisotopic (exact) mass is 301 g/mol. The Labute approximate surface area is 140 Å². The van der Waals surface area contributed by atoms with Crippen molar-refractivity contribution in [1.29, 1.82) is 0 Å². The molecule has 0 bridgehead atoms. The molecule has 116 valence electrons. The van der Waals surface area contributed by atoms with Crippen molar-refractivity contribution >= 4 is 5.69 Å². The maximum Gasteiger partial charge on any atom is 0.0570 e. The summed E-state index contributed by atoms with van der Waals surface area (Å²) in [6, 6.07) is 8.22. The van der Waals surface area contributed by atoms with Gasteiger partial charge in [0, 0.05) is 23.4 Å². The molecule has 1 heteroatoms. The molecule has 0 N–H and O–H groups in total. The highest BCUT2D eigenvalue weighted by Gasteiger charge is 2.16. The number of hydrogen-bond donors (Lipinski definition) is 0. The fraction of sp³-hybridized carbons (Fsp3) is 0.182. The average molecular weight is 301 g/mol. The third-order valence-electron chi connectivity index (χ3n) is 3.80. The minimum absolute atomic E-state index is 0.727. The second-order valence-corrected chi connectivity index (χ2v) is 5.39. The van der Waals surface area contributed by atoms with Crippen LogP contribution < -0.4 is 4.90 Å². The van der Waals surface area contributed by atoms with Gasteiger partial charge in [-0.25, -0.2) is 0 Å². The molecule has 0 unspecified atom stereocenters. The first-order valence-electron chi connectivity index (χ1n) is 7.86.